The number of aromatic nitrogens is 1. The van der Waals surface area contributed by atoms with Crippen molar-refractivity contribution in [1.82, 2.24) is 9.88 Å². The number of hydrogen-bond donors (Lipinski definition) is 1. The third kappa shape index (κ3) is 5.44. The van der Waals surface area contributed by atoms with Gasteiger partial charge >= 0.3 is 0 Å². The van der Waals surface area contributed by atoms with E-state index in [0.717, 1.165) is 16.7 Å². The van der Waals surface area contributed by atoms with Crippen LogP contribution in [0.4, 0.5) is 10.1 Å². The number of rotatable bonds is 7. The second-order valence-corrected chi connectivity index (χ2v) is 9.49. The molecule has 0 spiro atoms. The third-order valence-corrected chi connectivity index (χ3v) is 6.49. The molecule has 194 valence electrons. The van der Waals surface area contributed by atoms with Gasteiger partial charge in [0.15, 0.2) is 12.3 Å². The average Bonchev–Trinajstić information content (AvgIpc) is 3.41. The van der Waals surface area contributed by atoms with E-state index < -0.39 is 0 Å². The van der Waals surface area contributed by atoms with Crippen LogP contribution in [0.5, 0.6) is 5.75 Å². The molecule has 7 nitrogen and oxygen atoms in total. The Morgan fingerprint density at radius 2 is 1.87 bits per heavy atom. The summed E-state index contributed by atoms with van der Waals surface area (Å²) in [5.74, 6) is -0.00568. The van der Waals surface area contributed by atoms with Gasteiger partial charge in [-0.2, -0.15) is 0 Å². The molecule has 3 aromatic carbocycles. The maximum Gasteiger partial charge on any atom is 0.277 e. The van der Waals surface area contributed by atoms with Gasteiger partial charge < -0.3 is 19.4 Å². The molecular weight excluding hydrogens is 485 g/mol. The van der Waals surface area contributed by atoms with Gasteiger partial charge in [0.1, 0.15) is 17.8 Å². The molecule has 0 radical (unpaired) electrons. The Kier molecular flexibility index (Phi) is 7.22. The van der Waals surface area contributed by atoms with Crippen LogP contribution in [0.1, 0.15) is 53.0 Å². The first-order chi connectivity index (χ1) is 18.4. The number of benzene rings is 3. The number of nitrogens with one attached hydrogen (secondary N) is 1. The van der Waals surface area contributed by atoms with Gasteiger partial charge in [-0.25, -0.2) is 9.37 Å². The number of ether oxygens (including phenoxy) is 1. The number of carbonyl (C=O) groups excluding carboxylic acids is 2. The van der Waals surface area contributed by atoms with Crippen molar-refractivity contribution in [3.8, 4) is 5.75 Å². The van der Waals surface area contributed by atoms with Gasteiger partial charge in [0.25, 0.3) is 5.91 Å². The minimum absolute atomic E-state index is 0.0211. The summed E-state index contributed by atoms with van der Waals surface area (Å²) in [6.07, 6.45) is 2.01. The molecular formula is C30H28FN3O4. The zero-order chi connectivity index (χ0) is 26.6. The summed E-state index contributed by atoms with van der Waals surface area (Å²) in [7, 11) is 0. The summed E-state index contributed by atoms with van der Waals surface area (Å²) >= 11 is 0. The quantitative estimate of drug-likeness (QED) is 0.339. The Hall–Kier alpha value is -4.46. The summed E-state index contributed by atoms with van der Waals surface area (Å²) in [4.78, 5) is 31.7. The Bertz CT molecular complexity index is 1430. The van der Waals surface area contributed by atoms with Crippen molar-refractivity contribution in [3.05, 3.63) is 113 Å². The Morgan fingerprint density at radius 3 is 2.61 bits per heavy atom. The fourth-order valence-corrected chi connectivity index (χ4v) is 4.60. The Morgan fingerprint density at radius 1 is 1.11 bits per heavy atom. The average molecular weight is 514 g/mol. The molecule has 1 aromatic heterocycles. The van der Waals surface area contributed by atoms with Crippen LogP contribution in [0.15, 0.2) is 83.5 Å². The van der Waals surface area contributed by atoms with Crippen molar-refractivity contribution in [2.24, 2.45) is 5.92 Å². The number of amides is 2. The molecule has 0 bridgehead atoms. The van der Waals surface area contributed by atoms with Crippen LogP contribution in [-0.4, -0.2) is 28.2 Å². The van der Waals surface area contributed by atoms with E-state index in [1.807, 2.05) is 55.1 Å². The maximum atomic E-state index is 13.7. The first-order valence-corrected chi connectivity index (χ1v) is 12.5. The van der Waals surface area contributed by atoms with Gasteiger partial charge in [0.2, 0.25) is 11.8 Å². The fourth-order valence-electron chi connectivity index (χ4n) is 4.60. The zero-order valence-corrected chi connectivity index (χ0v) is 21.2. The highest BCUT2D eigenvalue weighted by Crippen LogP contribution is 2.38. The molecule has 0 fully saturated rings. The zero-order valence-electron chi connectivity index (χ0n) is 21.2. The van der Waals surface area contributed by atoms with Gasteiger partial charge in [0, 0.05) is 18.2 Å². The lowest BCUT2D eigenvalue weighted by Gasteiger charge is -2.39. The molecule has 1 unspecified atom stereocenters. The van der Waals surface area contributed by atoms with E-state index in [1.165, 1.54) is 18.4 Å². The first-order valence-electron chi connectivity index (χ1n) is 12.5. The van der Waals surface area contributed by atoms with E-state index in [9.17, 15) is 14.0 Å². The number of carbonyl (C=O) groups is 2. The summed E-state index contributed by atoms with van der Waals surface area (Å²) in [6, 6.07) is 20.8. The Labute approximate surface area is 220 Å². The molecule has 4 aromatic rings. The number of hydrogen-bond acceptors (Lipinski definition) is 5. The Balaban J connectivity index is 1.34. The van der Waals surface area contributed by atoms with Gasteiger partial charge in [-0.3, -0.25) is 9.59 Å². The van der Waals surface area contributed by atoms with Crippen LogP contribution in [-0.2, 0) is 17.8 Å². The second kappa shape index (κ2) is 10.9. The summed E-state index contributed by atoms with van der Waals surface area (Å²) in [6.45, 7) is 4.36. The topological polar surface area (TPSA) is 84.7 Å². The third-order valence-electron chi connectivity index (χ3n) is 6.49. The SMILES string of the molecule is CC(C)C(=O)N1CCc2ccc(OCc3nc(C(=O)Nc4ccccc4)co3)cc2C1c1ccc(F)cc1. The molecule has 2 heterocycles. The standard InChI is InChI=1S/C30H28FN3O4/c1-19(2)30(36)34-15-14-20-10-13-24(16-25(20)28(34)21-8-11-22(31)12-9-21)37-18-27-33-26(17-38-27)29(35)32-23-6-4-3-5-7-23/h3-13,16-17,19,28H,14-15,18H2,1-2H3,(H,32,35). The van der Waals surface area contributed by atoms with Crippen molar-refractivity contribution in [1.29, 1.82) is 0 Å². The van der Waals surface area contributed by atoms with Crippen LogP contribution in [0, 0.1) is 11.7 Å². The molecule has 0 saturated carbocycles. The normalized spacial score (nSPS) is 14.7. The number of oxazole rings is 1. The summed E-state index contributed by atoms with van der Waals surface area (Å²) < 4.78 is 25.1. The lowest BCUT2D eigenvalue weighted by Crippen LogP contribution is -2.42. The molecule has 1 aliphatic heterocycles. The molecule has 0 saturated heterocycles. The van der Waals surface area contributed by atoms with Gasteiger partial charge in [-0.05, 0) is 59.5 Å². The molecule has 0 aliphatic carbocycles. The lowest BCUT2D eigenvalue weighted by atomic mass is 9.87. The van der Waals surface area contributed by atoms with E-state index in [4.69, 9.17) is 9.15 Å². The first kappa shape index (κ1) is 25.2. The summed E-state index contributed by atoms with van der Waals surface area (Å²) in [5, 5.41) is 2.77. The number of fused-ring (bicyclic) bond motifs is 1. The summed E-state index contributed by atoms with van der Waals surface area (Å²) in [5.41, 5.74) is 3.69. The van der Waals surface area contributed by atoms with E-state index in [1.54, 1.807) is 24.3 Å². The monoisotopic (exact) mass is 513 g/mol. The van der Waals surface area contributed by atoms with Gasteiger partial charge in [-0.1, -0.05) is 50.2 Å². The highest BCUT2D eigenvalue weighted by atomic mass is 19.1. The van der Waals surface area contributed by atoms with Crippen molar-refractivity contribution in [3.63, 3.8) is 0 Å². The van der Waals surface area contributed by atoms with Crippen molar-refractivity contribution in [2.75, 3.05) is 11.9 Å². The van der Waals surface area contributed by atoms with E-state index in [-0.39, 0.29) is 47.8 Å². The van der Waals surface area contributed by atoms with E-state index in [0.29, 0.717) is 24.4 Å². The molecule has 1 atom stereocenters. The molecule has 38 heavy (non-hydrogen) atoms. The molecule has 2 amide bonds. The van der Waals surface area contributed by atoms with E-state index >= 15 is 0 Å². The van der Waals surface area contributed by atoms with Gasteiger partial charge in [-0.15, -0.1) is 0 Å². The molecule has 5 rings (SSSR count). The minimum Gasteiger partial charge on any atom is -0.484 e. The second-order valence-electron chi connectivity index (χ2n) is 9.49. The predicted molar refractivity (Wildman–Crippen MR) is 140 cm³/mol. The highest BCUT2D eigenvalue weighted by Gasteiger charge is 2.33. The largest absolute Gasteiger partial charge is 0.484 e. The fraction of sp³-hybridized carbons (Fsp3) is 0.233. The molecule has 8 heteroatoms. The van der Waals surface area contributed by atoms with Gasteiger partial charge in [0.05, 0.1) is 6.04 Å². The number of halogens is 1. The smallest absolute Gasteiger partial charge is 0.277 e. The van der Waals surface area contributed by atoms with Crippen molar-refractivity contribution >= 4 is 17.5 Å². The van der Waals surface area contributed by atoms with Crippen LogP contribution in [0.3, 0.4) is 0 Å². The maximum absolute atomic E-state index is 13.7. The number of nitrogens with zero attached hydrogens (tertiary/aromatic N) is 2. The van der Waals surface area contributed by atoms with Crippen molar-refractivity contribution in [2.45, 2.75) is 32.9 Å². The number of para-hydroxylation sites is 1. The van der Waals surface area contributed by atoms with Crippen LogP contribution >= 0.6 is 0 Å². The number of anilines is 1. The van der Waals surface area contributed by atoms with E-state index in [2.05, 4.69) is 10.3 Å². The van der Waals surface area contributed by atoms with Crippen LogP contribution in [0.2, 0.25) is 0 Å². The molecule has 1 N–H and O–H groups in total. The lowest BCUT2D eigenvalue weighted by molar-refractivity contribution is -0.136. The predicted octanol–water partition coefficient (Wildman–Crippen LogP) is 5.78. The molecule has 1 aliphatic rings. The van der Waals surface area contributed by atoms with Crippen molar-refractivity contribution < 1.29 is 23.1 Å². The minimum atomic E-state index is -0.378. The highest BCUT2D eigenvalue weighted by molar-refractivity contribution is 6.02. The van der Waals surface area contributed by atoms with Crippen LogP contribution in [0.25, 0.3) is 0 Å². The van der Waals surface area contributed by atoms with Crippen LogP contribution < -0.4 is 10.1 Å².